The second kappa shape index (κ2) is 11.5. The molecule has 1 atom stereocenters. The van der Waals surface area contributed by atoms with Crippen molar-refractivity contribution in [3.8, 4) is 11.1 Å². The Morgan fingerprint density at radius 1 is 1.10 bits per heavy atom. The van der Waals surface area contributed by atoms with E-state index in [9.17, 15) is 9.59 Å². The second-order valence-corrected chi connectivity index (χ2v) is 6.94. The number of nitrogens with one attached hydrogen (secondary N) is 1. The fourth-order valence-electron chi connectivity index (χ4n) is 2.83. The number of likely N-dealkylation sites (N-methyl/N-ethyl adjacent to an activating group) is 1. The van der Waals surface area contributed by atoms with E-state index in [1.54, 1.807) is 24.7 Å². The molecule has 0 aliphatic rings. The lowest BCUT2D eigenvalue weighted by molar-refractivity contribution is -0.129. The monoisotopic (exact) mass is 420 g/mol. The smallest absolute Gasteiger partial charge is 0.253 e. The van der Waals surface area contributed by atoms with Gasteiger partial charge in [-0.3, -0.25) is 14.8 Å². The zero-order valence-electron chi connectivity index (χ0n) is 16.4. The first-order chi connectivity index (χ1) is 14.0. The summed E-state index contributed by atoms with van der Waals surface area (Å²) in [6.45, 7) is 0.290. The molecule has 29 heavy (non-hydrogen) atoms. The second-order valence-electron chi connectivity index (χ2n) is 6.51. The Bertz CT molecular complexity index is 796. The number of hydrogen-bond acceptors (Lipinski definition) is 5. The Kier molecular flexibility index (Phi) is 9.08. The minimum Gasteiger partial charge on any atom is -0.359 e. The van der Waals surface area contributed by atoms with Crippen molar-refractivity contribution in [3.05, 3.63) is 59.1 Å². The van der Waals surface area contributed by atoms with Crippen molar-refractivity contribution in [3.63, 3.8) is 0 Å². The van der Waals surface area contributed by atoms with E-state index in [1.807, 2.05) is 36.4 Å². The standard InChI is InChI=1S/C21H25ClN2O5/c1-24(19(13-29-14-28-2)11-12-20(25)23-27)21(26)17-5-3-15(4-6-17)16-7-9-18(22)10-8-16/h3-10,19,27H,11-14H2,1-2H3,(H,23,25). The van der Waals surface area contributed by atoms with Gasteiger partial charge in [-0.1, -0.05) is 35.9 Å². The number of amides is 2. The molecule has 0 heterocycles. The van der Waals surface area contributed by atoms with Crippen LogP contribution in [-0.4, -0.2) is 55.5 Å². The molecule has 156 valence electrons. The minimum absolute atomic E-state index is 0.0602. The largest absolute Gasteiger partial charge is 0.359 e. The van der Waals surface area contributed by atoms with E-state index in [0.717, 1.165) is 11.1 Å². The summed E-state index contributed by atoms with van der Waals surface area (Å²) in [6, 6.07) is 14.4. The van der Waals surface area contributed by atoms with Crippen molar-refractivity contribution in [1.29, 1.82) is 0 Å². The Labute approximate surface area is 175 Å². The number of nitrogens with zero attached hydrogens (tertiary/aromatic N) is 1. The van der Waals surface area contributed by atoms with Gasteiger partial charge >= 0.3 is 0 Å². The Morgan fingerprint density at radius 2 is 1.69 bits per heavy atom. The van der Waals surface area contributed by atoms with E-state index in [4.69, 9.17) is 26.3 Å². The third-order valence-corrected chi connectivity index (χ3v) is 4.77. The number of carbonyl (C=O) groups excluding carboxylic acids is 2. The molecule has 2 amide bonds. The fourth-order valence-corrected chi connectivity index (χ4v) is 2.95. The summed E-state index contributed by atoms with van der Waals surface area (Å²) in [5.41, 5.74) is 4.09. The van der Waals surface area contributed by atoms with Gasteiger partial charge in [0.2, 0.25) is 5.91 Å². The Morgan fingerprint density at radius 3 is 2.24 bits per heavy atom. The van der Waals surface area contributed by atoms with Crippen LogP contribution in [0.4, 0.5) is 0 Å². The summed E-state index contributed by atoms with van der Waals surface area (Å²) in [6.07, 6.45) is 0.395. The van der Waals surface area contributed by atoms with Gasteiger partial charge in [0.15, 0.2) is 0 Å². The van der Waals surface area contributed by atoms with Crippen LogP contribution in [0.3, 0.4) is 0 Å². The summed E-state index contributed by atoms with van der Waals surface area (Å²) in [7, 11) is 3.17. The average molecular weight is 421 g/mol. The zero-order valence-corrected chi connectivity index (χ0v) is 17.2. The third kappa shape index (κ3) is 6.83. The maximum atomic E-state index is 12.9. The van der Waals surface area contributed by atoms with Gasteiger partial charge in [-0.25, -0.2) is 5.48 Å². The minimum atomic E-state index is -0.519. The van der Waals surface area contributed by atoms with Gasteiger partial charge in [0.25, 0.3) is 5.91 Å². The van der Waals surface area contributed by atoms with Crippen LogP contribution < -0.4 is 5.48 Å². The van der Waals surface area contributed by atoms with E-state index >= 15 is 0 Å². The number of hydroxylamine groups is 1. The molecular weight excluding hydrogens is 396 g/mol. The SMILES string of the molecule is COCOCC(CCC(=O)NO)N(C)C(=O)c1ccc(-c2ccc(Cl)cc2)cc1. The molecule has 1 unspecified atom stereocenters. The highest BCUT2D eigenvalue weighted by Gasteiger charge is 2.22. The Hall–Kier alpha value is -2.45. The molecule has 0 saturated carbocycles. The quantitative estimate of drug-likeness (QED) is 0.266. The fraction of sp³-hybridized carbons (Fsp3) is 0.333. The lowest BCUT2D eigenvalue weighted by Gasteiger charge is -2.28. The molecule has 0 bridgehead atoms. The van der Waals surface area contributed by atoms with Crippen LogP contribution in [0.25, 0.3) is 11.1 Å². The van der Waals surface area contributed by atoms with Crippen LogP contribution in [0.5, 0.6) is 0 Å². The lowest BCUT2D eigenvalue weighted by atomic mass is 10.0. The first-order valence-electron chi connectivity index (χ1n) is 9.09. The van der Waals surface area contributed by atoms with E-state index in [-0.39, 0.29) is 31.8 Å². The molecular formula is C21H25ClN2O5. The molecule has 0 aliphatic carbocycles. The van der Waals surface area contributed by atoms with Gasteiger partial charge in [-0.15, -0.1) is 0 Å². The molecule has 2 N–H and O–H groups in total. The summed E-state index contributed by atoms with van der Waals surface area (Å²) < 4.78 is 10.3. The van der Waals surface area contributed by atoms with Gasteiger partial charge in [0.1, 0.15) is 6.79 Å². The predicted molar refractivity (Wildman–Crippen MR) is 110 cm³/mol. The van der Waals surface area contributed by atoms with Crippen LogP contribution in [0, 0.1) is 0 Å². The maximum Gasteiger partial charge on any atom is 0.253 e. The van der Waals surface area contributed by atoms with Crippen molar-refractivity contribution >= 4 is 23.4 Å². The van der Waals surface area contributed by atoms with E-state index < -0.39 is 5.91 Å². The first-order valence-corrected chi connectivity index (χ1v) is 9.46. The summed E-state index contributed by atoms with van der Waals surface area (Å²) in [5, 5.41) is 9.35. The zero-order chi connectivity index (χ0) is 21.2. The highest BCUT2D eigenvalue weighted by Crippen LogP contribution is 2.22. The summed E-state index contributed by atoms with van der Waals surface area (Å²) in [4.78, 5) is 25.8. The van der Waals surface area contributed by atoms with Gasteiger partial charge in [-0.05, 0) is 41.8 Å². The highest BCUT2D eigenvalue weighted by atomic mass is 35.5. The normalized spacial score (nSPS) is 11.7. The molecule has 0 saturated heterocycles. The molecule has 7 nitrogen and oxygen atoms in total. The molecule has 8 heteroatoms. The molecule has 0 aromatic heterocycles. The molecule has 0 aliphatic heterocycles. The molecule has 2 rings (SSSR count). The third-order valence-electron chi connectivity index (χ3n) is 4.52. The predicted octanol–water partition coefficient (Wildman–Crippen LogP) is 3.35. The number of methoxy groups -OCH3 is 1. The number of carbonyl (C=O) groups is 2. The topological polar surface area (TPSA) is 88.1 Å². The summed E-state index contributed by atoms with van der Waals surface area (Å²) in [5.74, 6) is -0.710. The number of hydrogen-bond donors (Lipinski definition) is 2. The van der Waals surface area contributed by atoms with Gasteiger partial charge in [0.05, 0.1) is 12.6 Å². The molecule has 2 aromatic carbocycles. The van der Waals surface area contributed by atoms with Crippen molar-refractivity contribution < 1.29 is 24.3 Å². The lowest BCUT2D eigenvalue weighted by Crippen LogP contribution is -2.41. The number of halogens is 1. The van der Waals surface area contributed by atoms with Crippen LogP contribution in [-0.2, 0) is 14.3 Å². The van der Waals surface area contributed by atoms with Crippen molar-refractivity contribution in [2.24, 2.45) is 0 Å². The molecule has 0 fully saturated rings. The molecule has 0 radical (unpaired) electrons. The maximum absolute atomic E-state index is 12.9. The van der Waals surface area contributed by atoms with Crippen LogP contribution in [0.15, 0.2) is 48.5 Å². The van der Waals surface area contributed by atoms with Crippen LogP contribution in [0.2, 0.25) is 5.02 Å². The average Bonchev–Trinajstić information content (AvgIpc) is 2.75. The highest BCUT2D eigenvalue weighted by molar-refractivity contribution is 6.30. The van der Waals surface area contributed by atoms with Crippen molar-refractivity contribution in [2.75, 3.05) is 27.6 Å². The van der Waals surface area contributed by atoms with Crippen molar-refractivity contribution in [1.82, 2.24) is 10.4 Å². The number of benzene rings is 2. The van der Waals surface area contributed by atoms with Gasteiger partial charge in [0, 0.05) is 31.2 Å². The van der Waals surface area contributed by atoms with E-state index in [1.165, 1.54) is 12.0 Å². The van der Waals surface area contributed by atoms with Gasteiger partial charge in [-0.2, -0.15) is 0 Å². The van der Waals surface area contributed by atoms with Crippen LogP contribution >= 0.6 is 11.6 Å². The van der Waals surface area contributed by atoms with Crippen molar-refractivity contribution in [2.45, 2.75) is 18.9 Å². The van der Waals surface area contributed by atoms with E-state index in [0.29, 0.717) is 17.0 Å². The molecule has 2 aromatic rings. The van der Waals surface area contributed by atoms with E-state index in [2.05, 4.69) is 0 Å². The Balaban J connectivity index is 2.09. The van der Waals surface area contributed by atoms with Gasteiger partial charge < -0.3 is 14.4 Å². The number of rotatable bonds is 10. The molecule has 0 spiro atoms. The first kappa shape index (κ1) is 22.8. The summed E-state index contributed by atoms with van der Waals surface area (Å²) >= 11 is 5.92. The number of ether oxygens (including phenoxy) is 2. The van der Waals surface area contributed by atoms with Crippen LogP contribution in [0.1, 0.15) is 23.2 Å².